The van der Waals surface area contributed by atoms with E-state index < -0.39 is 0 Å². The van der Waals surface area contributed by atoms with Crippen molar-refractivity contribution >= 4 is 0 Å². The minimum atomic E-state index is 0.509. The zero-order valence-electron chi connectivity index (χ0n) is 9.97. The summed E-state index contributed by atoms with van der Waals surface area (Å²) in [7, 11) is 0. The minimum Gasteiger partial charge on any atom is -0.328 e. The lowest BCUT2D eigenvalue weighted by Gasteiger charge is -2.32. The summed E-state index contributed by atoms with van der Waals surface area (Å²) in [6.45, 7) is 4.65. The SMILES string of the molecule is CCCCC(CC)C1CCC(N)CC1. The Morgan fingerprint density at radius 3 is 2.29 bits per heavy atom. The van der Waals surface area contributed by atoms with Crippen LogP contribution in [0.25, 0.3) is 0 Å². The molecule has 0 radical (unpaired) electrons. The van der Waals surface area contributed by atoms with Crippen LogP contribution in [0.1, 0.15) is 65.2 Å². The summed E-state index contributed by atoms with van der Waals surface area (Å²) in [6, 6.07) is 0.509. The van der Waals surface area contributed by atoms with Gasteiger partial charge in [-0.05, 0) is 37.5 Å². The molecule has 1 atom stereocenters. The highest BCUT2D eigenvalue weighted by atomic mass is 14.6. The largest absolute Gasteiger partial charge is 0.328 e. The van der Waals surface area contributed by atoms with E-state index in [0.29, 0.717) is 6.04 Å². The molecule has 0 aromatic heterocycles. The molecule has 1 aliphatic rings. The van der Waals surface area contributed by atoms with Gasteiger partial charge in [-0.25, -0.2) is 0 Å². The van der Waals surface area contributed by atoms with Crippen molar-refractivity contribution in [1.29, 1.82) is 0 Å². The first-order valence-corrected chi connectivity index (χ1v) is 6.53. The first kappa shape index (κ1) is 12.0. The van der Waals surface area contributed by atoms with Gasteiger partial charge in [0, 0.05) is 6.04 Å². The van der Waals surface area contributed by atoms with Gasteiger partial charge in [0.15, 0.2) is 0 Å². The average molecular weight is 197 g/mol. The fraction of sp³-hybridized carbons (Fsp3) is 1.00. The summed E-state index contributed by atoms with van der Waals surface area (Å²) in [4.78, 5) is 0. The Morgan fingerprint density at radius 2 is 1.79 bits per heavy atom. The van der Waals surface area contributed by atoms with Gasteiger partial charge in [-0.15, -0.1) is 0 Å². The molecule has 0 amide bonds. The van der Waals surface area contributed by atoms with Crippen LogP contribution in [0.3, 0.4) is 0 Å². The van der Waals surface area contributed by atoms with Crippen LogP contribution in [-0.4, -0.2) is 6.04 Å². The first-order chi connectivity index (χ1) is 6.77. The van der Waals surface area contributed by atoms with E-state index in [2.05, 4.69) is 13.8 Å². The molecule has 0 saturated heterocycles. The number of hydrogen-bond acceptors (Lipinski definition) is 1. The molecule has 14 heavy (non-hydrogen) atoms. The van der Waals surface area contributed by atoms with Crippen molar-refractivity contribution in [3.05, 3.63) is 0 Å². The number of rotatable bonds is 5. The zero-order valence-corrected chi connectivity index (χ0v) is 9.97. The molecule has 0 spiro atoms. The van der Waals surface area contributed by atoms with Gasteiger partial charge >= 0.3 is 0 Å². The maximum absolute atomic E-state index is 5.94. The molecule has 0 bridgehead atoms. The highest BCUT2D eigenvalue weighted by molar-refractivity contribution is 4.78. The standard InChI is InChI=1S/C13H27N/c1-3-5-6-11(4-2)12-7-9-13(14)10-8-12/h11-13H,3-10,14H2,1-2H3. The molecule has 1 unspecified atom stereocenters. The fourth-order valence-corrected chi connectivity index (χ4v) is 2.86. The Kier molecular flexibility index (Phi) is 5.54. The molecule has 0 heterocycles. The second-order valence-corrected chi connectivity index (χ2v) is 4.99. The third-order valence-corrected chi connectivity index (χ3v) is 3.94. The van der Waals surface area contributed by atoms with Crippen LogP contribution >= 0.6 is 0 Å². The quantitative estimate of drug-likeness (QED) is 0.714. The number of nitrogens with two attached hydrogens (primary N) is 1. The van der Waals surface area contributed by atoms with Crippen molar-refractivity contribution in [2.45, 2.75) is 71.3 Å². The fourth-order valence-electron chi connectivity index (χ4n) is 2.86. The van der Waals surface area contributed by atoms with E-state index in [1.807, 2.05) is 0 Å². The van der Waals surface area contributed by atoms with E-state index >= 15 is 0 Å². The molecule has 84 valence electrons. The van der Waals surface area contributed by atoms with Crippen LogP contribution in [0.4, 0.5) is 0 Å². The van der Waals surface area contributed by atoms with Gasteiger partial charge < -0.3 is 5.73 Å². The maximum Gasteiger partial charge on any atom is 0.00390 e. The van der Waals surface area contributed by atoms with Crippen LogP contribution in [-0.2, 0) is 0 Å². The van der Waals surface area contributed by atoms with Gasteiger partial charge in [0.05, 0.1) is 0 Å². The summed E-state index contributed by atoms with van der Waals surface area (Å²) in [6.07, 6.45) is 10.9. The van der Waals surface area contributed by atoms with Crippen molar-refractivity contribution in [2.75, 3.05) is 0 Å². The van der Waals surface area contributed by atoms with E-state index in [1.165, 1.54) is 51.4 Å². The van der Waals surface area contributed by atoms with Gasteiger partial charge in [0.2, 0.25) is 0 Å². The molecule has 0 aliphatic heterocycles. The average Bonchev–Trinajstić information content (AvgIpc) is 2.21. The molecular formula is C13H27N. The molecule has 1 nitrogen and oxygen atoms in total. The molecule has 1 rings (SSSR count). The van der Waals surface area contributed by atoms with Gasteiger partial charge in [-0.1, -0.05) is 39.5 Å². The van der Waals surface area contributed by atoms with Crippen LogP contribution < -0.4 is 5.73 Å². The molecule has 0 aromatic carbocycles. The summed E-state index contributed by atoms with van der Waals surface area (Å²) in [5, 5.41) is 0. The third-order valence-electron chi connectivity index (χ3n) is 3.94. The Bertz CT molecular complexity index is 133. The predicted octanol–water partition coefficient (Wildman–Crippen LogP) is 3.72. The van der Waals surface area contributed by atoms with Crippen LogP contribution in [0, 0.1) is 11.8 Å². The monoisotopic (exact) mass is 197 g/mol. The lowest BCUT2D eigenvalue weighted by atomic mass is 9.75. The normalized spacial score (nSPS) is 30.2. The molecule has 2 N–H and O–H groups in total. The van der Waals surface area contributed by atoms with E-state index in [0.717, 1.165) is 11.8 Å². The van der Waals surface area contributed by atoms with E-state index in [1.54, 1.807) is 0 Å². The summed E-state index contributed by atoms with van der Waals surface area (Å²) in [5.41, 5.74) is 5.94. The molecule has 1 aliphatic carbocycles. The van der Waals surface area contributed by atoms with Crippen LogP contribution in [0.15, 0.2) is 0 Å². The van der Waals surface area contributed by atoms with E-state index in [4.69, 9.17) is 5.73 Å². The topological polar surface area (TPSA) is 26.0 Å². The van der Waals surface area contributed by atoms with Gasteiger partial charge in [0.25, 0.3) is 0 Å². The molecule has 1 saturated carbocycles. The van der Waals surface area contributed by atoms with Crippen molar-refractivity contribution in [3.63, 3.8) is 0 Å². The smallest absolute Gasteiger partial charge is 0.00390 e. The number of hydrogen-bond donors (Lipinski definition) is 1. The maximum atomic E-state index is 5.94. The number of unbranched alkanes of at least 4 members (excludes halogenated alkanes) is 1. The van der Waals surface area contributed by atoms with Crippen molar-refractivity contribution in [1.82, 2.24) is 0 Å². The summed E-state index contributed by atoms with van der Waals surface area (Å²) in [5.74, 6) is 1.98. The Hall–Kier alpha value is -0.0400. The van der Waals surface area contributed by atoms with E-state index in [9.17, 15) is 0 Å². The lowest BCUT2D eigenvalue weighted by molar-refractivity contribution is 0.214. The van der Waals surface area contributed by atoms with Gasteiger partial charge in [-0.2, -0.15) is 0 Å². The summed E-state index contributed by atoms with van der Waals surface area (Å²) < 4.78 is 0. The van der Waals surface area contributed by atoms with Gasteiger partial charge in [-0.3, -0.25) is 0 Å². The molecular weight excluding hydrogens is 170 g/mol. The first-order valence-electron chi connectivity index (χ1n) is 6.53. The minimum absolute atomic E-state index is 0.509. The molecule has 1 fully saturated rings. The third kappa shape index (κ3) is 3.61. The predicted molar refractivity (Wildman–Crippen MR) is 63.2 cm³/mol. The molecule has 1 heteroatoms. The highest BCUT2D eigenvalue weighted by Crippen LogP contribution is 2.33. The van der Waals surface area contributed by atoms with Crippen LogP contribution in [0.2, 0.25) is 0 Å². The Morgan fingerprint density at radius 1 is 1.14 bits per heavy atom. The summed E-state index contributed by atoms with van der Waals surface area (Å²) >= 11 is 0. The second kappa shape index (κ2) is 6.44. The van der Waals surface area contributed by atoms with Crippen LogP contribution in [0.5, 0.6) is 0 Å². The Balaban J connectivity index is 2.29. The van der Waals surface area contributed by atoms with Crippen molar-refractivity contribution < 1.29 is 0 Å². The lowest BCUT2D eigenvalue weighted by Crippen LogP contribution is -2.29. The van der Waals surface area contributed by atoms with Crippen molar-refractivity contribution in [2.24, 2.45) is 17.6 Å². The van der Waals surface area contributed by atoms with Crippen molar-refractivity contribution in [3.8, 4) is 0 Å². The molecule has 0 aromatic rings. The zero-order chi connectivity index (χ0) is 10.4. The van der Waals surface area contributed by atoms with Gasteiger partial charge in [0.1, 0.15) is 0 Å². The second-order valence-electron chi connectivity index (χ2n) is 4.99. The Labute approximate surface area is 89.5 Å². The van der Waals surface area contributed by atoms with E-state index in [-0.39, 0.29) is 0 Å². The highest BCUT2D eigenvalue weighted by Gasteiger charge is 2.24.